The summed E-state index contributed by atoms with van der Waals surface area (Å²) in [5.74, 6) is -0.373. The van der Waals surface area contributed by atoms with Crippen molar-refractivity contribution in [2.45, 2.75) is 18.9 Å². The lowest BCUT2D eigenvalue weighted by Crippen LogP contribution is -2.33. The number of hydrogen-bond acceptors (Lipinski definition) is 3. The maximum Gasteiger partial charge on any atom is 0.248 e. The van der Waals surface area contributed by atoms with Gasteiger partial charge in [-0.25, -0.2) is 0 Å². The third-order valence-electron chi connectivity index (χ3n) is 3.10. The van der Waals surface area contributed by atoms with E-state index in [4.69, 9.17) is 5.73 Å². The van der Waals surface area contributed by atoms with Crippen molar-refractivity contribution in [2.24, 2.45) is 5.73 Å². The summed E-state index contributed by atoms with van der Waals surface area (Å²) in [7, 11) is 1.83. The highest BCUT2D eigenvalue weighted by Gasteiger charge is 2.29. The molecule has 2 amide bonds. The van der Waals surface area contributed by atoms with Crippen LogP contribution < -0.4 is 11.1 Å². The summed E-state index contributed by atoms with van der Waals surface area (Å²) in [5, 5.41) is 3.03. The van der Waals surface area contributed by atoms with E-state index in [0.29, 0.717) is 11.6 Å². The van der Waals surface area contributed by atoms with Crippen molar-refractivity contribution in [1.82, 2.24) is 4.90 Å². The van der Waals surface area contributed by atoms with Crippen LogP contribution in [0.3, 0.4) is 0 Å². The Morgan fingerprint density at radius 2 is 1.94 bits per heavy atom. The number of primary amides is 1. The van der Waals surface area contributed by atoms with Crippen LogP contribution >= 0.6 is 0 Å². The Morgan fingerprint density at radius 1 is 1.33 bits per heavy atom. The van der Waals surface area contributed by atoms with Gasteiger partial charge in [0.15, 0.2) is 0 Å². The Balaban J connectivity index is 1.85. The Bertz CT molecular complexity index is 452. The van der Waals surface area contributed by atoms with Crippen LogP contribution in [-0.4, -0.2) is 36.3 Å². The average Bonchev–Trinajstić information content (AvgIpc) is 3.19. The minimum Gasteiger partial charge on any atom is -0.376 e. The Hall–Kier alpha value is -2.04. The first-order valence-electron chi connectivity index (χ1n) is 5.97. The molecule has 1 aliphatic carbocycles. The van der Waals surface area contributed by atoms with Crippen LogP contribution in [0, 0.1) is 0 Å². The van der Waals surface area contributed by atoms with E-state index in [0.717, 1.165) is 18.5 Å². The van der Waals surface area contributed by atoms with E-state index >= 15 is 0 Å². The van der Waals surface area contributed by atoms with Gasteiger partial charge in [-0.1, -0.05) is 0 Å². The van der Waals surface area contributed by atoms with Crippen molar-refractivity contribution in [3.63, 3.8) is 0 Å². The third-order valence-corrected chi connectivity index (χ3v) is 3.10. The van der Waals surface area contributed by atoms with E-state index in [1.165, 1.54) is 0 Å². The summed E-state index contributed by atoms with van der Waals surface area (Å²) >= 11 is 0. The van der Waals surface area contributed by atoms with Gasteiger partial charge in [0, 0.05) is 24.3 Å². The van der Waals surface area contributed by atoms with Crippen LogP contribution in [0.25, 0.3) is 0 Å². The zero-order valence-electron chi connectivity index (χ0n) is 10.3. The fourth-order valence-electron chi connectivity index (χ4n) is 1.72. The summed E-state index contributed by atoms with van der Waals surface area (Å²) in [6.45, 7) is 0.267. The number of nitrogens with one attached hydrogen (secondary N) is 1. The minimum absolute atomic E-state index is 0.0801. The molecule has 0 saturated heterocycles. The largest absolute Gasteiger partial charge is 0.376 e. The molecule has 0 aliphatic heterocycles. The fourth-order valence-corrected chi connectivity index (χ4v) is 1.72. The number of carbonyl (C=O) groups is 2. The van der Waals surface area contributed by atoms with Crippen molar-refractivity contribution in [1.29, 1.82) is 0 Å². The number of carbonyl (C=O) groups excluding carboxylic acids is 2. The second-order valence-corrected chi connectivity index (χ2v) is 4.53. The van der Waals surface area contributed by atoms with Gasteiger partial charge in [0.2, 0.25) is 11.8 Å². The van der Waals surface area contributed by atoms with Crippen LogP contribution in [0.5, 0.6) is 0 Å². The monoisotopic (exact) mass is 247 g/mol. The molecular weight excluding hydrogens is 230 g/mol. The summed E-state index contributed by atoms with van der Waals surface area (Å²) in [6.07, 6.45) is 2.21. The maximum atomic E-state index is 11.8. The number of nitrogens with two attached hydrogens (primary N) is 1. The van der Waals surface area contributed by atoms with Crippen LogP contribution in [0.2, 0.25) is 0 Å². The average molecular weight is 247 g/mol. The van der Waals surface area contributed by atoms with Crippen molar-refractivity contribution in [3.05, 3.63) is 29.8 Å². The summed E-state index contributed by atoms with van der Waals surface area (Å²) in [6, 6.07) is 7.19. The predicted octanol–water partition coefficient (Wildman–Crippen LogP) is 0.818. The molecule has 1 aromatic carbocycles. The predicted molar refractivity (Wildman–Crippen MR) is 69.2 cm³/mol. The Labute approximate surface area is 106 Å². The zero-order chi connectivity index (χ0) is 13.1. The quantitative estimate of drug-likeness (QED) is 0.808. The first kappa shape index (κ1) is 12.4. The van der Waals surface area contributed by atoms with Crippen molar-refractivity contribution in [2.75, 3.05) is 18.9 Å². The summed E-state index contributed by atoms with van der Waals surface area (Å²) in [5.41, 5.74) is 6.41. The molecule has 5 nitrogen and oxygen atoms in total. The highest BCUT2D eigenvalue weighted by atomic mass is 16.2. The van der Waals surface area contributed by atoms with Gasteiger partial charge in [0.1, 0.15) is 0 Å². The van der Waals surface area contributed by atoms with Crippen LogP contribution in [-0.2, 0) is 4.79 Å². The molecule has 96 valence electrons. The SMILES string of the molecule is CN(C(=O)CNc1ccc(C(N)=O)cc1)C1CC1. The molecule has 0 atom stereocenters. The standard InChI is InChI=1S/C13H17N3O2/c1-16(11-6-7-11)12(17)8-15-10-4-2-9(3-5-10)13(14)18/h2-5,11,15H,6-8H2,1H3,(H2,14,18). The van der Waals surface area contributed by atoms with Gasteiger partial charge < -0.3 is 16.0 Å². The molecule has 0 unspecified atom stereocenters. The van der Waals surface area contributed by atoms with Gasteiger partial charge in [-0.05, 0) is 37.1 Å². The zero-order valence-corrected chi connectivity index (χ0v) is 10.3. The summed E-state index contributed by atoms with van der Waals surface area (Å²) < 4.78 is 0. The Morgan fingerprint density at radius 3 is 2.44 bits per heavy atom. The van der Waals surface area contributed by atoms with E-state index in [-0.39, 0.29) is 12.5 Å². The highest BCUT2D eigenvalue weighted by Crippen LogP contribution is 2.25. The second kappa shape index (κ2) is 5.08. The first-order chi connectivity index (χ1) is 8.58. The van der Waals surface area contributed by atoms with E-state index in [1.807, 2.05) is 7.05 Å². The molecule has 1 aliphatic rings. The molecule has 3 N–H and O–H groups in total. The van der Waals surface area contributed by atoms with E-state index < -0.39 is 5.91 Å². The van der Waals surface area contributed by atoms with E-state index in [1.54, 1.807) is 29.2 Å². The van der Waals surface area contributed by atoms with Crippen LogP contribution in [0.15, 0.2) is 24.3 Å². The molecule has 1 fully saturated rings. The number of likely N-dealkylation sites (N-methyl/N-ethyl adjacent to an activating group) is 1. The number of amides is 2. The molecule has 0 bridgehead atoms. The molecule has 18 heavy (non-hydrogen) atoms. The molecular formula is C13H17N3O2. The molecule has 2 rings (SSSR count). The van der Waals surface area contributed by atoms with Crippen molar-refractivity contribution >= 4 is 17.5 Å². The van der Waals surface area contributed by atoms with Gasteiger partial charge >= 0.3 is 0 Å². The minimum atomic E-state index is -0.453. The smallest absolute Gasteiger partial charge is 0.248 e. The number of rotatable bonds is 5. The fraction of sp³-hybridized carbons (Fsp3) is 0.385. The van der Waals surface area contributed by atoms with E-state index in [9.17, 15) is 9.59 Å². The van der Waals surface area contributed by atoms with Gasteiger partial charge in [0.05, 0.1) is 6.54 Å². The lowest BCUT2D eigenvalue weighted by molar-refractivity contribution is -0.128. The highest BCUT2D eigenvalue weighted by molar-refractivity contribution is 5.93. The van der Waals surface area contributed by atoms with Gasteiger partial charge in [-0.2, -0.15) is 0 Å². The third kappa shape index (κ3) is 3.00. The second-order valence-electron chi connectivity index (χ2n) is 4.53. The molecule has 1 saturated carbocycles. The maximum absolute atomic E-state index is 11.8. The molecule has 0 spiro atoms. The molecule has 0 radical (unpaired) electrons. The van der Waals surface area contributed by atoms with Crippen LogP contribution in [0.4, 0.5) is 5.69 Å². The van der Waals surface area contributed by atoms with Crippen molar-refractivity contribution < 1.29 is 9.59 Å². The van der Waals surface area contributed by atoms with Gasteiger partial charge in [0.25, 0.3) is 0 Å². The number of nitrogens with zero attached hydrogens (tertiary/aromatic N) is 1. The summed E-state index contributed by atoms with van der Waals surface area (Å²) in [4.78, 5) is 24.4. The van der Waals surface area contributed by atoms with E-state index in [2.05, 4.69) is 5.32 Å². The van der Waals surface area contributed by atoms with Gasteiger partial charge in [-0.15, -0.1) is 0 Å². The lowest BCUT2D eigenvalue weighted by atomic mass is 10.2. The number of anilines is 1. The first-order valence-corrected chi connectivity index (χ1v) is 5.97. The Kier molecular flexibility index (Phi) is 3.50. The molecule has 0 aromatic heterocycles. The topological polar surface area (TPSA) is 75.4 Å². The molecule has 5 heteroatoms. The van der Waals surface area contributed by atoms with Crippen molar-refractivity contribution in [3.8, 4) is 0 Å². The number of hydrogen-bond donors (Lipinski definition) is 2. The molecule has 1 aromatic rings. The van der Waals surface area contributed by atoms with Crippen LogP contribution in [0.1, 0.15) is 23.2 Å². The van der Waals surface area contributed by atoms with Gasteiger partial charge in [-0.3, -0.25) is 9.59 Å². The lowest BCUT2D eigenvalue weighted by Gasteiger charge is -2.16. The normalized spacial score (nSPS) is 14.1. The number of benzene rings is 1. The molecule has 0 heterocycles.